The van der Waals surface area contributed by atoms with Gasteiger partial charge in [0.1, 0.15) is 11.6 Å². The molecule has 2 atom stereocenters. The average molecular weight is 258 g/mol. The molecule has 3 rings (SSSR count). The summed E-state index contributed by atoms with van der Waals surface area (Å²) in [4.78, 5) is 12.5. The van der Waals surface area contributed by atoms with Gasteiger partial charge in [-0.15, -0.1) is 0 Å². The quantitative estimate of drug-likeness (QED) is 0.635. The van der Waals surface area contributed by atoms with Gasteiger partial charge in [0.15, 0.2) is 0 Å². The van der Waals surface area contributed by atoms with Crippen LogP contribution >= 0.6 is 0 Å². The molecule has 19 heavy (non-hydrogen) atoms. The lowest BCUT2D eigenvalue weighted by atomic mass is 10.0. The molecule has 1 N–H and O–H groups in total. The first-order valence-corrected chi connectivity index (χ1v) is 6.33. The predicted molar refractivity (Wildman–Crippen MR) is 69.9 cm³/mol. The third-order valence-electron chi connectivity index (χ3n) is 4.05. The van der Waals surface area contributed by atoms with E-state index in [0.29, 0.717) is 11.8 Å². The van der Waals surface area contributed by atoms with Crippen molar-refractivity contribution in [2.75, 3.05) is 31.1 Å². The molecule has 0 spiro atoms. The molecule has 0 amide bonds. The van der Waals surface area contributed by atoms with Crippen LogP contribution in [0.3, 0.4) is 0 Å². The van der Waals surface area contributed by atoms with Gasteiger partial charge in [-0.1, -0.05) is 0 Å². The number of nitrogens with zero attached hydrogens (tertiary/aromatic N) is 3. The van der Waals surface area contributed by atoms with Crippen molar-refractivity contribution in [2.45, 2.75) is 0 Å². The number of rotatable bonds is 2. The van der Waals surface area contributed by atoms with E-state index in [1.165, 1.54) is 6.07 Å². The summed E-state index contributed by atoms with van der Waals surface area (Å²) in [7, 11) is 0. The van der Waals surface area contributed by atoms with Crippen molar-refractivity contribution in [1.29, 1.82) is 5.26 Å². The molecule has 0 radical (unpaired) electrons. The number of nitrogens with one attached hydrogen (secondary N) is 1. The molecular formula is C13H14N4O2. The Morgan fingerprint density at radius 2 is 2.05 bits per heavy atom. The summed E-state index contributed by atoms with van der Waals surface area (Å²) in [5.41, 5.74) is 0.932. The van der Waals surface area contributed by atoms with Gasteiger partial charge >= 0.3 is 0 Å². The van der Waals surface area contributed by atoms with Crippen molar-refractivity contribution in [2.24, 2.45) is 11.8 Å². The van der Waals surface area contributed by atoms with Crippen LogP contribution in [0.2, 0.25) is 0 Å². The zero-order valence-corrected chi connectivity index (χ0v) is 10.4. The minimum Gasteiger partial charge on any atom is -0.371 e. The number of nitro groups is 1. The van der Waals surface area contributed by atoms with Crippen LogP contribution in [0.4, 0.5) is 11.4 Å². The molecule has 0 aromatic heterocycles. The van der Waals surface area contributed by atoms with Crippen LogP contribution in [0.15, 0.2) is 18.2 Å². The van der Waals surface area contributed by atoms with Crippen molar-refractivity contribution in [3.05, 3.63) is 33.9 Å². The fourth-order valence-corrected chi connectivity index (χ4v) is 3.04. The Kier molecular flexibility index (Phi) is 2.84. The monoisotopic (exact) mass is 258 g/mol. The van der Waals surface area contributed by atoms with Crippen LogP contribution in [0.25, 0.3) is 0 Å². The first-order chi connectivity index (χ1) is 9.19. The van der Waals surface area contributed by atoms with E-state index in [9.17, 15) is 10.1 Å². The van der Waals surface area contributed by atoms with E-state index in [2.05, 4.69) is 10.2 Å². The third kappa shape index (κ3) is 2.02. The van der Waals surface area contributed by atoms with Gasteiger partial charge in [-0.2, -0.15) is 5.26 Å². The molecule has 6 nitrogen and oxygen atoms in total. The molecule has 0 aliphatic carbocycles. The lowest BCUT2D eigenvalue weighted by Crippen LogP contribution is -2.25. The number of nitriles is 1. The van der Waals surface area contributed by atoms with Gasteiger partial charge in [0.05, 0.1) is 4.92 Å². The summed E-state index contributed by atoms with van der Waals surface area (Å²) in [6.45, 7) is 4.00. The normalized spacial score (nSPS) is 25.1. The molecule has 1 aromatic rings. The van der Waals surface area contributed by atoms with Gasteiger partial charge in [0.2, 0.25) is 0 Å². The average Bonchev–Trinajstić information content (AvgIpc) is 2.98. The van der Waals surface area contributed by atoms with Crippen molar-refractivity contribution < 1.29 is 4.92 Å². The van der Waals surface area contributed by atoms with Gasteiger partial charge < -0.3 is 10.2 Å². The summed E-state index contributed by atoms with van der Waals surface area (Å²) in [5.74, 6) is 1.31. The van der Waals surface area contributed by atoms with Crippen molar-refractivity contribution >= 4 is 11.4 Å². The summed E-state index contributed by atoms with van der Waals surface area (Å²) in [6.07, 6.45) is 0. The van der Waals surface area contributed by atoms with Gasteiger partial charge in [0, 0.05) is 37.9 Å². The summed E-state index contributed by atoms with van der Waals surface area (Å²) < 4.78 is 0. The maximum Gasteiger partial charge on any atom is 0.287 e. The number of benzene rings is 1. The van der Waals surface area contributed by atoms with Crippen molar-refractivity contribution in [3.63, 3.8) is 0 Å². The SMILES string of the molecule is N#Cc1cc(N2C[C@H]3CNC[C@H]3C2)ccc1[N+](=O)[O-]. The highest BCUT2D eigenvalue weighted by Crippen LogP contribution is 2.32. The number of fused-ring (bicyclic) bond motifs is 1. The minimum atomic E-state index is -0.509. The maximum absolute atomic E-state index is 10.8. The molecule has 0 saturated carbocycles. The van der Waals surface area contributed by atoms with Gasteiger partial charge in [0.25, 0.3) is 5.69 Å². The summed E-state index contributed by atoms with van der Waals surface area (Å²) >= 11 is 0. The molecule has 0 bridgehead atoms. The molecule has 2 heterocycles. The number of hydrogen-bond acceptors (Lipinski definition) is 5. The Morgan fingerprint density at radius 1 is 1.37 bits per heavy atom. The zero-order chi connectivity index (χ0) is 13.4. The minimum absolute atomic E-state index is 0.118. The number of nitro benzene ring substituents is 1. The van der Waals surface area contributed by atoms with Crippen LogP contribution < -0.4 is 10.2 Å². The Balaban J connectivity index is 1.87. The first kappa shape index (κ1) is 11.9. The fourth-order valence-electron chi connectivity index (χ4n) is 3.04. The topological polar surface area (TPSA) is 82.2 Å². The van der Waals surface area contributed by atoms with Gasteiger partial charge in [-0.05, 0) is 24.0 Å². The molecule has 1 aromatic carbocycles. The smallest absolute Gasteiger partial charge is 0.287 e. The lowest BCUT2D eigenvalue weighted by molar-refractivity contribution is -0.385. The third-order valence-corrected chi connectivity index (χ3v) is 4.05. The number of anilines is 1. The Hall–Kier alpha value is -2.13. The summed E-state index contributed by atoms with van der Waals surface area (Å²) in [6, 6.07) is 6.72. The molecule has 2 fully saturated rings. The van der Waals surface area contributed by atoms with E-state index in [-0.39, 0.29) is 11.3 Å². The Labute approximate surface area is 110 Å². The van der Waals surface area contributed by atoms with E-state index in [4.69, 9.17) is 5.26 Å². The Morgan fingerprint density at radius 3 is 2.63 bits per heavy atom. The Bertz CT molecular complexity index is 554. The standard InChI is InChI=1S/C13H14N4O2/c14-4-9-3-12(1-2-13(9)17(18)19)16-7-10-5-15-6-11(10)8-16/h1-3,10-11,15H,5-8H2/t10-,11+. The van der Waals surface area contributed by atoms with E-state index in [0.717, 1.165) is 31.9 Å². The van der Waals surface area contributed by atoms with Crippen LogP contribution in [0, 0.1) is 33.3 Å². The predicted octanol–water partition coefficient (Wildman–Crippen LogP) is 1.12. The van der Waals surface area contributed by atoms with Gasteiger partial charge in [-0.3, -0.25) is 10.1 Å². The van der Waals surface area contributed by atoms with Crippen LogP contribution in [-0.2, 0) is 0 Å². The van der Waals surface area contributed by atoms with Crippen molar-refractivity contribution in [3.8, 4) is 6.07 Å². The zero-order valence-electron chi connectivity index (χ0n) is 10.4. The second kappa shape index (κ2) is 4.52. The van der Waals surface area contributed by atoms with E-state index >= 15 is 0 Å². The lowest BCUT2D eigenvalue weighted by Gasteiger charge is -2.19. The molecule has 2 aliphatic heterocycles. The second-order valence-corrected chi connectivity index (χ2v) is 5.15. The van der Waals surface area contributed by atoms with E-state index in [1.807, 2.05) is 6.07 Å². The highest BCUT2D eigenvalue weighted by atomic mass is 16.6. The highest BCUT2D eigenvalue weighted by molar-refractivity contribution is 5.60. The molecule has 2 saturated heterocycles. The van der Waals surface area contributed by atoms with Crippen LogP contribution in [0.5, 0.6) is 0 Å². The highest BCUT2D eigenvalue weighted by Gasteiger charge is 2.36. The second-order valence-electron chi connectivity index (χ2n) is 5.15. The molecule has 2 aliphatic rings. The van der Waals surface area contributed by atoms with Crippen LogP contribution in [-0.4, -0.2) is 31.1 Å². The molecule has 6 heteroatoms. The molecular weight excluding hydrogens is 244 g/mol. The molecule has 0 unspecified atom stereocenters. The largest absolute Gasteiger partial charge is 0.371 e. The van der Waals surface area contributed by atoms with Gasteiger partial charge in [-0.25, -0.2) is 0 Å². The maximum atomic E-state index is 10.8. The van der Waals surface area contributed by atoms with Crippen molar-refractivity contribution in [1.82, 2.24) is 5.32 Å². The van der Waals surface area contributed by atoms with Crippen LogP contribution in [0.1, 0.15) is 5.56 Å². The summed E-state index contributed by atoms with van der Waals surface area (Å²) in [5, 5.41) is 23.2. The molecule has 98 valence electrons. The fraction of sp³-hybridized carbons (Fsp3) is 0.462. The first-order valence-electron chi connectivity index (χ1n) is 6.33. The van der Waals surface area contributed by atoms with E-state index in [1.54, 1.807) is 12.1 Å². The van der Waals surface area contributed by atoms with E-state index < -0.39 is 4.92 Å². The number of hydrogen-bond donors (Lipinski definition) is 1.